The number of carbonyl (C=O) groups excluding carboxylic acids is 1. The summed E-state index contributed by atoms with van der Waals surface area (Å²) >= 11 is 0. The van der Waals surface area contributed by atoms with Gasteiger partial charge in [0.1, 0.15) is 6.54 Å². The molecule has 2 amide bonds. The number of nitrogens with zero attached hydrogens (tertiary/aromatic N) is 1. The second-order valence-electron chi connectivity index (χ2n) is 3.41. The molecule has 1 rings (SSSR count). The van der Waals surface area contributed by atoms with Crippen LogP contribution in [0.1, 0.15) is 6.92 Å². The lowest BCUT2D eigenvalue weighted by atomic mass is 9.98. The predicted molar refractivity (Wildman–Crippen MR) is 43.2 cm³/mol. The van der Waals surface area contributed by atoms with Crippen molar-refractivity contribution in [2.24, 2.45) is 0 Å². The monoisotopic (exact) mass is 188 g/mol. The largest absolute Gasteiger partial charge is 0.480 e. The lowest BCUT2D eigenvalue weighted by Gasteiger charge is -2.43. The molecule has 0 spiro atoms. The van der Waals surface area contributed by atoms with Crippen molar-refractivity contribution in [1.29, 1.82) is 0 Å². The van der Waals surface area contributed by atoms with Gasteiger partial charge in [0.25, 0.3) is 0 Å². The van der Waals surface area contributed by atoms with E-state index in [4.69, 9.17) is 5.11 Å². The molecule has 0 aromatic heterocycles. The molecule has 6 heteroatoms. The second kappa shape index (κ2) is 3.21. The van der Waals surface area contributed by atoms with Gasteiger partial charge >= 0.3 is 12.0 Å². The number of hydrogen-bond acceptors (Lipinski definition) is 3. The van der Waals surface area contributed by atoms with Gasteiger partial charge in [0.2, 0.25) is 0 Å². The van der Waals surface area contributed by atoms with Crippen LogP contribution in [0.25, 0.3) is 0 Å². The molecule has 0 aromatic carbocycles. The average molecular weight is 188 g/mol. The van der Waals surface area contributed by atoms with Gasteiger partial charge in [0.05, 0.1) is 18.7 Å². The van der Waals surface area contributed by atoms with Crippen LogP contribution >= 0.6 is 0 Å². The Morgan fingerprint density at radius 1 is 1.54 bits per heavy atom. The SMILES string of the molecule is CC1(O)CN(C(=O)NCC(=O)O)C1. The fourth-order valence-corrected chi connectivity index (χ4v) is 1.18. The van der Waals surface area contributed by atoms with Crippen LogP contribution in [0, 0.1) is 0 Å². The first-order chi connectivity index (χ1) is 5.91. The average Bonchev–Trinajstić information content (AvgIpc) is 1.95. The molecule has 74 valence electrons. The minimum absolute atomic E-state index is 0.248. The molecule has 1 aliphatic rings. The maximum absolute atomic E-state index is 11.1. The summed E-state index contributed by atoms with van der Waals surface area (Å²) in [7, 11) is 0. The fourth-order valence-electron chi connectivity index (χ4n) is 1.18. The zero-order valence-electron chi connectivity index (χ0n) is 7.28. The van der Waals surface area contributed by atoms with Crippen LogP contribution in [0.15, 0.2) is 0 Å². The number of rotatable bonds is 2. The predicted octanol–water partition coefficient (Wildman–Crippen LogP) is -1.15. The number of aliphatic hydroxyl groups is 1. The number of hydrogen-bond donors (Lipinski definition) is 3. The highest BCUT2D eigenvalue weighted by Crippen LogP contribution is 2.18. The summed E-state index contributed by atoms with van der Waals surface area (Å²) in [4.78, 5) is 22.5. The Kier molecular flexibility index (Phi) is 2.42. The van der Waals surface area contributed by atoms with Gasteiger partial charge in [0, 0.05) is 0 Å². The molecule has 1 saturated heterocycles. The number of aliphatic carboxylic acids is 1. The first-order valence-corrected chi connectivity index (χ1v) is 3.88. The van der Waals surface area contributed by atoms with Crippen LogP contribution in [0.4, 0.5) is 4.79 Å². The Labute approximate surface area is 75.1 Å². The van der Waals surface area contributed by atoms with Crippen molar-refractivity contribution >= 4 is 12.0 Å². The third-order valence-electron chi connectivity index (χ3n) is 1.74. The van der Waals surface area contributed by atoms with E-state index in [9.17, 15) is 14.7 Å². The number of carbonyl (C=O) groups is 2. The van der Waals surface area contributed by atoms with Crippen molar-refractivity contribution in [2.75, 3.05) is 19.6 Å². The minimum Gasteiger partial charge on any atom is -0.480 e. The molecule has 0 radical (unpaired) electrons. The number of carboxylic acid groups (broad SMARTS) is 1. The topological polar surface area (TPSA) is 89.9 Å². The molecule has 0 aromatic rings. The van der Waals surface area contributed by atoms with Gasteiger partial charge in [-0.05, 0) is 6.92 Å². The van der Waals surface area contributed by atoms with Crippen LogP contribution < -0.4 is 5.32 Å². The van der Waals surface area contributed by atoms with Crippen molar-refractivity contribution in [3.8, 4) is 0 Å². The van der Waals surface area contributed by atoms with E-state index in [1.165, 1.54) is 4.90 Å². The van der Waals surface area contributed by atoms with Crippen LogP contribution in [-0.4, -0.2) is 52.3 Å². The maximum Gasteiger partial charge on any atom is 0.323 e. The number of urea groups is 1. The number of amides is 2. The van der Waals surface area contributed by atoms with Crippen LogP contribution in [-0.2, 0) is 4.79 Å². The van der Waals surface area contributed by atoms with Gasteiger partial charge in [-0.25, -0.2) is 4.79 Å². The molecule has 0 unspecified atom stereocenters. The molecule has 3 N–H and O–H groups in total. The van der Waals surface area contributed by atoms with Crippen molar-refractivity contribution < 1.29 is 19.8 Å². The normalized spacial score (nSPS) is 19.1. The highest BCUT2D eigenvalue weighted by atomic mass is 16.4. The van der Waals surface area contributed by atoms with Crippen molar-refractivity contribution in [1.82, 2.24) is 10.2 Å². The lowest BCUT2D eigenvalue weighted by Crippen LogP contribution is -2.64. The summed E-state index contributed by atoms with van der Waals surface area (Å²) in [6, 6.07) is -0.450. The van der Waals surface area contributed by atoms with Gasteiger partial charge in [-0.3, -0.25) is 4.79 Å². The standard InChI is InChI=1S/C7H12N2O4/c1-7(13)3-9(4-7)6(12)8-2-5(10)11/h13H,2-4H2,1H3,(H,8,12)(H,10,11). The quantitative estimate of drug-likeness (QED) is 0.510. The third kappa shape index (κ3) is 2.59. The Morgan fingerprint density at radius 2 is 2.08 bits per heavy atom. The highest BCUT2D eigenvalue weighted by Gasteiger charge is 2.39. The smallest absolute Gasteiger partial charge is 0.323 e. The summed E-state index contributed by atoms with van der Waals surface area (Å²) in [5, 5.41) is 19.7. The van der Waals surface area contributed by atoms with Crippen molar-refractivity contribution in [3.63, 3.8) is 0 Å². The van der Waals surface area contributed by atoms with Crippen molar-refractivity contribution in [2.45, 2.75) is 12.5 Å². The fraction of sp³-hybridized carbons (Fsp3) is 0.714. The Hall–Kier alpha value is -1.30. The van der Waals surface area contributed by atoms with Gasteiger partial charge in [0.15, 0.2) is 0 Å². The molecule has 13 heavy (non-hydrogen) atoms. The lowest BCUT2D eigenvalue weighted by molar-refractivity contribution is -0.135. The van der Waals surface area contributed by atoms with Gasteiger partial charge in [-0.1, -0.05) is 0 Å². The Morgan fingerprint density at radius 3 is 2.46 bits per heavy atom. The summed E-state index contributed by atoms with van der Waals surface area (Å²) < 4.78 is 0. The van der Waals surface area contributed by atoms with E-state index in [-0.39, 0.29) is 13.1 Å². The Balaban J connectivity index is 2.23. The van der Waals surface area contributed by atoms with Crippen LogP contribution in [0.3, 0.4) is 0 Å². The van der Waals surface area contributed by atoms with Gasteiger partial charge < -0.3 is 20.4 Å². The van der Waals surface area contributed by atoms with Crippen LogP contribution in [0.2, 0.25) is 0 Å². The first-order valence-electron chi connectivity index (χ1n) is 3.88. The number of likely N-dealkylation sites (tertiary alicyclic amines) is 1. The van der Waals surface area contributed by atoms with E-state index in [2.05, 4.69) is 5.32 Å². The first kappa shape index (κ1) is 9.79. The van der Waals surface area contributed by atoms with Crippen LogP contribution in [0.5, 0.6) is 0 Å². The molecule has 0 bridgehead atoms. The summed E-state index contributed by atoms with van der Waals surface area (Å²) in [6.07, 6.45) is 0. The number of carboxylic acids is 1. The van der Waals surface area contributed by atoms with Gasteiger partial charge in [-0.15, -0.1) is 0 Å². The molecular weight excluding hydrogens is 176 g/mol. The number of β-amino-alcohol motifs (C(OH)–C–C–N with tert-alkyl or cyclic N) is 1. The highest BCUT2D eigenvalue weighted by molar-refractivity contribution is 5.80. The van der Waals surface area contributed by atoms with Gasteiger partial charge in [-0.2, -0.15) is 0 Å². The minimum atomic E-state index is -1.08. The Bertz CT molecular complexity index is 231. The van der Waals surface area contributed by atoms with E-state index in [0.717, 1.165) is 0 Å². The zero-order chi connectivity index (χ0) is 10.1. The molecule has 6 nitrogen and oxygen atoms in total. The van der Waals surface area contributed by atoms with E-state index < -0.39 is 24.1 Å². The zero-order valence-corrected chi connectivity index (χ0v) is 7.28. The molecule has 1 aliphatic heterocycles. The van der Waals surface area contributed by atoms with E-state index >= 15 is 0 Å². The molecular formula is C7H12N2O4. The van der Waals surface area contributed by atoms with E-state index in [1.54, 1.807) is 6.92 Å². The third-order valence-corrected chi connectivity index (χ3v) is 1.74. The number of nitrogens with one attached hydrogen (secondary N) is 1. The molecule has 1 fully saturated rings. The van der Waals surface area contributed by atoms with E-state index in [0.29, 0.717) is 0 Å². The summed E-state index contributed by atoms with van der Waals surface area (Å²) in [6.45, 7) is 1.72. The molecule has 0 atom stereocenters. The molecule has 0 saturated carbocycles. The molecule has 0 aliphatic carbocycles. The summed E-state index contributed by atoms with van der Waals surface area (Å²) in [5.41, 5.74) is -0.819. The maximum atomic E-state index is 11.1. The van der Waals surface area contributed by atoms with E-state index in [1.807, 2.05) is 0 Å². The summed E-state index contributed by atoms with van der Waals surface area (Å²) in [5.74, 6) is -1.08. The molecule has 1 heterocycles. The second-order valence-corrected chi connectivity index (χ2v) is 3.41. The van der Waals surface area contributed by atoms with Crippen molar-refractivity contribution in [3.05, 3.63) is 0 Å².